The highest BCUT2D eigenvalue weighted by Crippen LogP contribution is 2.28. The molecule has 0 saturated carbocycles. The van der Waals surface area contributed by atoms with E-state index < -0.39 is 0 Å². The highest BCUT2D eigenvalue weighted by Gasteiger charge is 2.22. The summed E-state index contributed by atoms with van der Waals surface area (Å²) < 4.78 is 10.6. The third-order valence-corrected chi connectivity index (χ3v) is 4.36. The second-order valence-corrected chi connectivity index (χ2v) is 5.78. The van der Waals surface area contributed by atoms with E-state index in [0.29, 0.717) is 6.04 Å². The van der Waals surface area contributed by atoms with Crippen molar-refractivity contribution in [2.24, 2.45) is 0 Å². The highest BCUT2D eigenvalue weighted by atomic mass is 16.5. The van der Waals surface area contributed by atoms with Gasteiger partial charge in [0.25, 0.3) is 0 Å². The Labute approximate surface area is 132 Å². The topological polar surface area (TPSA) is 42.0 Å². The molecule has 1 aromatic rings. The van der Waals surface area contributed by atoms with Crippen LogP contribution in [0.5, 0.6) is 11.5 Å². The van der Waals surface area contributed by atoms with Crippen LogP contribution in [0.4, 0.5) is 0 Å². The lowest BCUT2D eigenvalue weighted by Crippen LogP contribution is -2.51. The first-order valence-electron chi connectivity index (χ1n) is 7.75. The summed E-state index contributed by atoms with van der Waals surface area (Å²) >= 11 is 0. The molecular formula is C17H26N2O3. The fourth-order valence-electron chi connectivity index (χ4n) is 2.96. The predicted octanol–water partition coefficient (Wildman–Crippen LogP) is 1.80. The van der Waals surface area contributed by atoms with Crippen molar-refractivity contribution in [1.82, 2.24) is 9.80 Å². The lowest BCUT2D eigenvalue weighted by Gasteiger charge is -2.37. The number of amides is 1. The molecule has 1 aliphatic heterocycles. The predicted molar refractivity (Wildman–Crippen MR) is 86.5 cm³/mol. The monoisotopic (exact) mass is 306 g/mol. The number of methoxy groups -OCH3 is 2. The molecule has 1 aromatic carbocycles. The SMILES string of the molecule is COc1ccc(CC(C)N2CCN(C(C)=O)CC2)cc1OC. The van der Waals surface area contributed by atoms with E-state index >= 15 is 0 Å². The quantitative estimate of drug-likeness (QED) is 0.832. The standard InChI is InChI=1S/C17H26N2O3/c1-13(18-7-9-19(10-8-18)14(2)20)11-15-5-6-16(21-3)17(12-15)22-4/h5-6,12-13H,7-11H2,1-4H3. The van der Waals surface area contributed by atoms with Crippen molar-refractivity contribution in [1.29, 1.82) is 0 Å². The minimum absolute atomic E-state index is 0.173. The smallest absolute Gasteiger partial charge is 0.219 e. The van der Waals surface area contributed by atoms with Crippen molar-refractivity contribution >= 4 is 5.91 Å². The molecule has 22 heavy (non-hydrogen) atoms. The lowest BCUT2D eigenvalue weighted by molar-refractivity contribution is -0.130. The Morgan fingerprint density at radius 3 is 2.32 bits per heavy atom. The molecule has 1 atom stereocenters. The average molecular weight is 306 g/mol. The van der Waals surface area contributed by atoms with Gasteiger partial charge in [-0.3, -0.25) is 9.69 Å². The zero-order valence-electron chi connectivity index (χ0n) is 14.0. The summed E-state index contributed by atoms with van der Waals surface area (Å²) in [6.45, 7) is 7.40. The maximum atomic E-state index is 11.4. The molecule has 1 aliphatic rings. The minimum Gasteiger partial charge on any atom is -0.493 e. The van der Waals surface area contributed by atoms with E-state index in [2.05, 4.69) is 17.9 Å². The van der Waals surface area contributed by atoms with Crippen molar-refractivity contribution in [2.75, 3.05) is 40.4 Å². The zero-order valence-corrected chi connectivity index (χ0v) is 14.0. The van der Waals surface area contributed by atoms with Crippen molar-refractivity contribution in [3.8, 4) is 11.5 Å². The number of hydrogen-bond acceptors (Lipinski definition) is 4. The van der Waals surface area contributed by atoms with E-state index in [1.165, 1.54) is 5.56 Å². The van der Waals surface area contributed by atoms with Gasteiger partial charge in [0.15, 0.2) is 11.5 Å². The number of benzene rings is 1. The summed E-state index contributed by atoms with van der Waals surface area (Å²) in [6.07, 6.45) is 0.959. The summed E-state index contributed by atoms with van der Waals surface area (Å²) in [7, 11) is 3.31. The molecule has 0 spiro atoms. The number of hydrogen-bond donors (Lipinski definition) is 0. The van der Waals surface area contributed by atoms with Gasteiger partial charge >= 0.3 is 0 Å². The maximum absolute atomic E-state index is 11.4. The summed E-state index contributed by atoms with van der Waals surface area (Å²) in [4.78, 5) is 15.7. The van der Waals surface area contributed by atoms with Crippen LogP contribution in [0, 0.1) is 0 Å². The Bertz CT molecular complexity index is 511. The molecular weight excluding hydrogens is 280 g/mol. The third kappa shape index (κ3) is 3.91. The minimum atomic E-state index is 0.173. The van der Waals surface area contributed by atoms with Gasteiger partial charge in [-0.05, 0) is 31.0 Å². The van der Waals surface area contributed by atoms with Gasteiger partial charge < -0.3 is 14.4 Å². The number of rotatable bonds is 5. The Kier molecular flexibility index (Phi) is 5.66. The lowest BCUT2D eigenvalue weighted by atomic mass is 10.0. The average Bonchev–Trinajstić information content (AvgIpc) is 2.54. The van der Waals surface area contributed by atoms with Crippen molar-refractivity contribution in [3.63, 3.8) is 0 Å². The molecule has 0 bridgehead atoms. The normalized spacial score (nSPS) is 17.2. The molecule has 2 rings (SSSR count). The van der Waals surface area contributed by atoms with E-state index in [4.69, 9.17) is 9.47 Å². The Balaban J connectivity index is 1.95. The largest absolute Gasteiger partial charge is 0.493 e. The van der Waals surface area contributed by atoms with Gasteiger partial charge in [0.2, 0.25) is 5.91 Å². The second-order valence-electron chi connectivity index (χ2n) is 5.78. The van der Waals surface area contributed by atoms with Gasteiger partial charge in [-0.25, -0.2) is 0 Å². The molecule has 1 heterocycles. The van der Waals surface area contributed by atoms with Crippen LogP contribution >= 0.6 is 0 Å². The molecule has 1 amide bonds. The molecule has 0 radical (unpaired) electrons. The van der Waals surface area contributed by atoms with E-state index in [1.54, 1.807) is 21.1 Å². The van der Waals surface area contributed by atoms with E-state index in [-0.39, 0.29) is 5.91 Å². The molecule has 0 aromatic heterocycles. The van der Waals surface area contributed by atoms with Crippen LogP contribution in [-0.4, -0.2) is 62.1 Å². The maximum Gasteiger partial charge on any atom is 0.219 e. The first kappa shape index (κ1) is 16.6. The molecule has 1 saturated heterocycles. The molecule has 122 valence electrons. The number of carbonyl (C=O) groups is 1. The first-order chi connectivity index (χ1) is 10.5. The number of carbonyl (C=O) groups excluding carboxylic acids is 1. The van der Waals surface area contributed by atoms with Crippen LogP contribution in [0.1, 0.15) is 19.4 Å². The van der Waals surface area contributed by atoms with Gasteiger partial charge in [0.1, 0.15) is 0 Å². The van der Waals surface area contributed by atoms with Crippen LogP contribution in [0.15, 0.2) is 18.2 Å². The van der Waals surface area contributed by atoms with Crippen LogP contribution in [0.2, 0.25) is 0 Å². The fourth-order valence-corrected chi connectivity index (χ4v) is 2.96. The number of nitrogens with zero attached hydrogens (tertiary/aromatic N) is 2. The number of piperazine rings is 1. The third-order valence-electron chi connectivity index (χ3n) is 4.36. The molecule has 5 nitrogen and oxygen atoms in total. The molecule has 5 heteroatoms. The first-order valence-corrected chi connectivity index (χ1v) is 7.75. The van der Waals surface area contributed by atoms with Crippen LogP contribution in [0.25, 0.3) is 0 Å². The Morgan fingerprint density at radius 2 is 1.77 bits per heavy atom. The Hall–Kier alpha value is -1.75. The summed E-state index contributed by atoms with van der Waals surface area (Å²) in [5.41, 5.74) is 1.24. The molecule has 0 N–H and O–H groups in total. The van der Waals surface area contributed by atoms with Crippen LogP contribution < -0.4 is 9.47 Å². The van der Waals surface area contributed by atoms with E-state index in [1.807, 2.05) is 17.0 Å². The van der Waals surface area contributed by atoms with Crippen molar-refractivity contribution in [3.05, 3.63) is 23.8 Å². The summed E-state index contributed by atoms with van der Waals surface area (Å²) in [5.74, 6) is 1.70. The Morgan fingerprint density at radius 1 is 1.14 bits per heavy atom. The highest BCUT2D eigenvalue weighted by molar-refractivity contribution is 5.73. The zero-order chi connectivity index (χ0) is 16.1. The molecule has 0 aliphatic carbocycles. The van der Waals surface area contributed by atoms with E-state index in [9.17, 15) is 4.79 Å². The van der Waals surface area contributed by atoms with Crippen LogP contribution in [-0.2, 0) is 11.2 Å². The van der Waals surface area contributed by atoms with Gasteiger partial charge in [-0.15, -0.1) is 0 Å². The van der Waals surface area contributed by atoms with Gasteiger partial charge in [0.05, 0.1) is 14.2 Å². The van der Waals surface area contributed by atoms with Gasteiger partial charge in [-0.1, -0.05) is 6.07 Å². The van der Waals surface area contributed by atoms with E-state index in [0.717, 1.165) is 44.1 Å². The van der Waals surface area contributed by atoms with Crippen molar-refractivity contribution in [2.45, 2.75) is 26.3 Å². The second kappa shape index (κ2) is 7.49. The van der Waals surface area contributed by atoms with Gasteiger partial charge in [0, 0.05) is 39.1 Å². The number of ether oxygens (including phenoxy) is 2. The van der Waals surface area contributed by atoms with Gasteiger partial charge in [-0.2, -0.15) is 0 Å². The molecule has 1 unspecified atom stereocenters. The van der Waals surface area contributed by atoms with Crippen molar-refractivity contribution < 1.29 is 14.3 Å². The molecule has 1 fully saturated rings. The fraction of sp³-hybridized carbons (Fsp3) is 0.588. The van der Waals surface area contributed by atoms with Crippen LogP contribution in [0.3, 0.4) is 0 Å². The summed E-state index contributed by atoms with van der Waals surface area (Å²) in [5, 5.41) is 0. The summed E-state index contributed by atoms with van der Waals surface area (Å²) in [6, 6.07) is 6.52.